The van der Waals surface area contributed by atoms with Crippen molar-refractivity contribution in [3.8, 4) is 28.6 Å². The Balaban J connectivity index is 1.34. The van der Waals surface area contributed by atoms with Crippen LogP contribution in [0.2, 0.25) is 0 Å². The number of benzene rings is 1. The molecule has 1 aliphatic rings. The Morgan fingerprint density at radius 1 is 1.00 bits per heavy atom. The quantitative estimate of drug-likeness (QED) is 0.396. The second kappa shape index (κ2) is 9.82. The van der Waals surface area contributed by atoms with E-state index in [1.165, 1.54) is 34.9 Å². The van der Waals surface area contributed by atoms with Gasteiger partial charge in [-0.15, -0.1) is 13.2 Å². The van der Waals surface area contributed by atoms with Gasteiger partial charge >= 0.3 is 6.36 Å². The molecule has 186 valence electrons. The predicted molar refractivity (Wildman–Crippen MR) is 122 cm³/mol. The molecule has 4 heterocycles. The number of aromatic nitrogens is 4. The Morgan fingerprint density at radius 3 is 2.50 bits per heavy atom. The predicted octanol–water partition coefficient (Wildman–Crippen LogP) is 3.74. The molecule has 0 bridgehead atoms. The molecule has 0 N–H and O–H groups in total. The van der Waals surface area contributed by atoms with Crippen molar-refractivity contribution in [3.05, 3.63) is 76.8 Å². The molecule has 1 aromatic carbocycles. The molecule has 1 saturated heterocycles. The van der Waals surface area contributed by atoms with Gasteiger partial charge in [0.05, 0.1) is 25.3 Å². The number of rotatable bonds is 6. The van der Waals surface area contributed by atoms with Crippen LogP contribution in [0.25, 0.3) is 22.8 Å². The average Bonchev–Trinajstić information content (AvgIpc) is 3.36. The second-order valence-electron chi connectivity index (χ2n) is 8.00. The maximum absolute atomic E-state index is 12.5. The van der Waals surface area contributed by atoms with Crippen LogP contribution in [0, 0.1) is 0 Å². The summed E-state index contributed by atoms with van der Waals surface area (Å²) in [6.07, 6.45) is -1.44. The summed E-state index contributed by atoms with van der Waals surface area (Å²) in [5, 5.41) is 3.91. The van der Waals surface area contributed by atoms with Gasteiger partial charge in [-0.25, -0.2) is 4.98 Å². The third-order valence-corrected chi connectivity index (χ3v) is 5.50. The summed E-state index contributed by atoms with van der Waals surface area (Å²) < 4.78 is 53.2. The number of halogens is 3. The molecule has 12 heteroatoms. The highest BCUT2D eigenvalue weighted by atomic mass is 19.4. The molecule has 4 aromatic rings. The lowest BCUT2D eigenvalue weighted by molar-refractivity contribution is -0.274. The van der Waals surface area contributed by atoms with E-state index in [-0.39, 0.29) is 23.0 Å². The molecule has 0 atom stereocenters. The summed E-state index contributed by atoms with van der Waals surface area (Å²) in [7, 11) is 0. The molecule has 5 rings (SSSR count). The highest BCUT2D eigenvalue weighted by molar-refractivity contribution is 5.60. The molecule has 36 heavy (non-hydrogen) atoms. The molecular weight excluding hydrogens is 479 g/mol. The Labute approximate surface area is 202 Å². The molecule has 0 unspecified atom stereocenters. The Hall–Kier alpha value is -4.19. The normalized spacial score (nSPS) is 14.1. The monoisotopic (exact) mass is 499 g/mol. The van der Waals surface area contributed by atoms with E-state index in [0.717, 1.165) is 24.5 Å². The molecule has 9 nitrogen and oxygen atoms in total. The van der Waals surface area contributed by atoms with E-state index in [0.29, 0.717) is 30.9 Å². The van der Waals surface area contributed by atoms with Gasteiger partial charge < -0.3 is 23.5 Å². The van der Waals surface area contributed by atoms with Gasteiger partial charge in [0.2, 0.25) is 5.82 Å². The van der Waals surface area contributed by atoms with Crippen molar-refractivity contribution in [3.63, 3.8) is 0 Å². The molecule has 1 fully saturated rings. The first kappa shape index (κ1) is 23.5. The van der Waals surface area contributed by atoms with E-state index >= 15 is 0 Å². The molecule has 3 aromatic heterocycles. The van der Waals surface area contributed by atoms with Crippen LogP contribution in [0.3, 0.4) is 0 Å². The number of hydrogen-bond donors (Lipinski definition) is 0. The smallest absolute Gasteiger partial charge is 0.406 e. The zero-order chi connectivity index (χ0) is 25.1. The second-order valence-corrected chi connectivity index (χ2v) is 8.00. The molecule has 0 saturated carbocycles. The topological polar surface area (TPSA) is 95.5 Å². The molecule has 0 aliphatic carbocycles. The van der Waals surface area contributed by atoms with Crippen molar-refractivity contribution in [2.45, 2.75) is 12.9 Å². The fraction of sp³-hybridized carbons (Fsp3) is 0.250. The van der Waals surface area contributed by atoms with E-state index in [2.05, 4.69) is 24.8 Å². The third kappa shape index (κ3) is 5.54. The lowest BCUT2D eigenvalue weighted by Crippen LogP contribution is -2.36. The van der Waals surface area contributed by atoms with Gasteiger partial charge in [0.25, 0.3) is 11.4 Å². The van der Waals surface area contributed by atoms with Crippen molar-refractivity contribution < 1.29 is 27.2 Å². The number of nitrogens with zero attached hydrogens (tertiary/aromatic N) is 5. The van der Waals surface area contributed by atoms with Crippen LogP contribution in [-0.2, 0) is 11.3 Å². The van der Waals surface area contributed by atoms with Crippen molar-refractivity contribution in [1.29, 1.82) is 0 Å². The largest absolute Gasteiger partial charge is 0.573 e. The first-order chi connectivity index (χ1) is 17.3. The SMILES string of the molecule is O=c1ccc(-c2nc(-c3ccc(OC(F)(F)F)cc3)no2)cn1Cc1ccnc(N2CCOCC2)c1. The van der Waals surface area contributed by atoms with Crippen molar-refractivity contribution in [2.75, 3.05) is 31.2 Å². The van der Waals surface area contributed by atoms with E-state index in [1.807, 2.05) is 12.1 Å². The molecule has 0 radical (unpaired) electrons. The molecule has 1 aliphatic heterocycles. The highest BCUT2D eigenvalue weighted by Gasteiger charge is 2.31. The summed E-state index contributed by atoms with van der Waals surface area (Å²) in [6.45, 7) is 3.11. The fourth-order valence-electron chi connectivity index (χ4n) is 3.77. The van der Waals surface area contributed by atoms with Crippen LogP contribution >= 0.6 is 0 Å². The van der Waals surface area contributed by atoms with Gasteiger partial charge in [0.15, 0.2) is 0 Å². The van der Waals surface area contributed by atoms with E-state index < -0.39 is 6.36 Å². The Kier molecular flexibility index (Phi) is 6.42. The zero-order valence-electron chi connectivity index (χ0n) is 18.8. The van der Waals surface area contributed by atoms with E-state index in [4.69, 9.17) is 9.26 Å². The van der Waals surface area contributed by atoms with Crippen LogP contribution in [0.15, 0.2) is 70.2 Å². The summed E-state index contributed by atoms with van der Waals surface area (Å²) in [6, 6.07) is 11.9. The number of anilines is 1. The number of morpholine rings is 1. The first-order valence-corrected chi connectivity index (χ1v) is 11.0. The lowest BCUT2D eigenvalue weighted by Gasteiger charge is -2.28. The number of ether oxygens (including phenoxy) is 2. The summed E-state index contributed by atoms with van der Waals surface area (Å²) in [5.41, 5.74) is 1.66. The Morgan fingerprint density at radius 2 is 1.75 bits per heavy atom. The fourth-order valence-corrected chi connectivity index (χ4v) is 3.77. The summed E-state index contributed by atoms with van der Waals surface area (Å²) >= 11 is 0. The van der Waals surface area contributed by atoms with Crippen LogP contribution in [0.1, 0.15) is 5.56 Å². The summed E-state index contributed by atoms with van der Waals surface area (Å²) in [4.78, 5) is 23.4. The van der Waals surface area contributed by atoms with Crippen LogP contribution in [0.4, 0.5) is 19.0 Å². The van der Waals surface area contributed by atoms with Gasteiger partial charge in [-0.3, -0.25) is 4.79 Å². The minimum atomic E-state index is -4.77. The van der Waals surface area contributed by atoms with E-state index in [9.17, 15) is 18.0 Å². The van der Waals surface area contributed by atoms with Crippen molar-refractivity contribution in [1.82, 2.24) is 19.7 Å². The van der Waals surface area contributed by atoms with Crippen molar-refractivity contribution in [2.24, 2.45) is 0 Å². The van der Waals surface area contributed by atoms with Gasteiger partial charge in [0, 0.05) is 37.1 Å². The van der Waals surface area contributed by atoms with E-state index in [1.54, 1.807) is 18.5 Å². The minimum absolute atomic E-state index is 0.165. The van der Waals surface area contributed by atoms with Gasteiger partial charge in [0.1, 0.15) is 11.6 Å². The van der Waals surface area contributed by atoms with Gasteiger partial charge in [-0.05, 0) is 48.0 Å². The maximum Gasteiger partial charge on any atom is 0.573 e. The molecule has 0 amide bonds. The Bertz CT molecular complexity index is 1400. The number of alkyl halides is 3. The highest BCUT2D eigenvalue weighted by Crippen LogP contribution is 2.27. The number of pyridine rings is 2. The molecular formula is C24H20F3N5O4. The standard InChI is InChI=1S/C24H20F3N5O4/c25-24(26,27)35-19-4-1-17(2-5-19)22-29-23(36-30-22)18-3-6-21(33)32(15-18)14-16-7-8-28-20(13-16)31-9-11-34-12-10-31/h1-8,13,15H,9-12,14H2. The first-order valence-electron chi connectivity index (χ1n) is 11.0. The zero-order valence-corrected chi connectivity index (χ0v) is 18.8. The van der Waals surface area contributed by atoms with Gasteiger partial charge in [-0.2, -0.15) is 4.98 Å². The van der Waals surface area contributed by atoms with Crippen LogP contribution in [-0.4, -0.2) is 52.4 Å². The van der Waals surface area contributed by atoms with Crippen LogP contribution < -0.4 is 15.2 Å². The number of hydrogen-bond acceptors (Lipinski definition) is 8. The minimum Gasteiger partial charge on any atom is -0.406 e. The lowest BCUT2D eigenvalue weighted by atomic mass is 10.2. The third-order valence-electron chi connectivity index (χ3n) is 5.50. The van der Waals surface area contributed by atoms with Gasteiger partial charge in [-0.1, -0.05) is 5.16 Å². The summed E-state index contributed by atoms with van der Waals surface area (Å²) in [5.74, 6) is 0.826. The average molecular weight is 499 g/mol. The molecule has 0 spiro atoms. The van der Waals surface area contributed by atoms with Crippen LogP contribution in [0.5, 0.6) is 5.75 Å². The maximum atomic E-state index is 12.5. The van der Waals surface area contributed by atoms with Crippen molar-refractivity contribution >= 4 is 5.82 Å².